The van der Waals surface area contributed by atoms with E-state index < -0.39 is 10.0 Å². The summed E-state index contributed by atoms with van der Waals surface area (Å²) in [5, 5.41) is 2.85. The third-order valence-electron chi connectivity index (χ3n) is 3.61. The standard InChI is InChI=1S/C18H18N2O3S2/c1-23-16-7-9-17(10-8-16)25(21,22)19-12-15-13-24-18(20-15)11-14-5-3-2-4-6-14/h2-10,13,19H,11-12H2,1H3. The molecule has 5 nitrogen and oxygen atoms in total. The van der Waals surface area contributed by atoms with Crippen LogP contribution in [-0.2, 0) is 23.0 Å². The fourth-order valence-electron chi connectivity index (χ4n) is 2.29. The summed E-state index contributed by atoms with van der Waals surface area (Å²) < 4.78 is 32.3. The van der Waals surface area contributed by atoms with Crippen molar-refractivity contribution in [1.29, 1.82) is 0 Å². The van der Waals surface area contributed by atoms with Crippen LogP contribution in [0.15, 0.2) is 64.9 Å². The number of aromatic nitrogens is 1. The van der Waals surface area contributed by atoms with Gasteiger partial charge in [-0.3, -0.25) is 0 Å². The van der Waals surface area contributed by atoms with Crippen LogP contribution >= 0.6 is 11.3 Å². The number of ether oxygens (including phenoxy) is 1. The molecule has 25 heavy (non-hydrogen) atoms. The van der Waals surface area contributed by atoms with E-state index >= 15 is 0 Å². The molecule has 0 unspecified atom stereocenters. The van der Waals surface area contributed by atoms with Gasteiger partial charge in [0.05, 0.1) is 29.3 Å². The van der Waals surface area contributed by atoms with Crippen molar-refractivity contribution >= 4 is 21.4 Å². The lowest BCUT2D eigenvalue weighted by atomic mass is 10.2. The number of nitrogens with one attached hydrogen (secondary N) is 1. The van der Waals surface area contributed by atoms with Crippen molar-refractivity contribution in [2.75, 3.05) is 7.11 Å². The summed E-state index contributed by atoms with van der Waals surface area (Å²) in [6, 6.07) is 16.3. The van der Waals surface area contributed by atoms with Crippen molar-refractivity contribution in [1.82, 2.24) is 9.71 Å². The van der Waals surface area contributed by atoms with E-state index in [1.165, 1.54) is 36.1 Å². The minimum Gasteiger partial charge on any atom is -0.497 e. The van der Waals surface area contributed by atoms with Crippen LogP contribution in [0.25, 0.3) is 0 Å². The van der Waals surface area contributed by atoms with Crippen LogP contribution in [0.4, 0.5) is 0 Å². The van der Waals surface area contributed by atoms with Gasteiger partial charge in [0, 0.05) is 11.8 Å². The van der Waals surface area contributed by atoms with Crippen molar-refractivity contribution in [3.63, 3.8) is 0 Å². The molecule has 0 bridgehead atoms. The van der Waals surface area contributed by atoms with Gasteiger partial charge in [0.1, 0.15) is 5.75 Å². The Hall–Kier alpha value is -2.22. The number of sulfonamides is 1. The Balaban J connectivity index is 1.63. The minimum absolute atomic E-state index is 0.166. The van der Waals surface area contributed by atoms with E-state index in [1.807, 2.05) is 35.7 Å². The zero-order valence-electron chi connectivity index (χ0n) is 13.7. The maximum absolute atomic E-state index is 12.3. The fourth-order valence-corrected chi connectivity index (χ4v) is 4.12. The molecule has 0 atom stereocenters. The molecule has 1 aromatic heterocycles. The number of rotatable bonds is 7. The fraction of sp³-hybridized carbons (Fsp3) is 0.167. The lowest BCUT2D eigenvalue weighted by Crippen LogP contribution is -2.23. The normalized spacial score (nSPS) is 11.4. The Bertz CT molecular complexity index is 920. The first-order chi connectivity index (χ1) is 12.1. The molecule has 3 aromatic rings. The number of benzene rings is 2. The molecule has 0 radical (unpaired) electrons. The average Bonchev–Trinajstić information content (AvgIpc) is 3.08. The van der Waals surface area contributed by atoms with Gasteiger partial charge in [0.15, 0.2) is 0 Å². The summed E-state index contributed by atoms with van der Waals surface area (Å²) in [6.45, 7) is 0.166. The highest BCUT2D eigenvalue weighted by Gasteiger charge is 2.14. The molecular formula is C18H18N2O3S2. The summed E-state index contributed by atoms with van der Waals surface area (Å²) in [6.07, 6.45) is 0.747. The SMILES string of the molecule is COc1ccc(S(=O)(=O)NCc2csc(Cc3ccccc3)n2)cc1. The molecule has 1 heterocycles. The summed E-state index contributed by atoms with van der Waals surface area (Å²) in [4.78, 5) is 4.70. The smallest absolute Gasteiger partial charge is 0.240 e. The van der Waals surface area contributed by atoms with Crippen LogP contribution in [0.2, 0.25) is 0 Å². The van der Waals surface area contributed by atoms with Crippen molar-refractivity contribution in [2.45, 2.75) is 17.9 Å². The lowest BCUT2D eigenvalue weighted by Gasteiger charge is -2.06. The van der Waals surface area contributed by atoms with Crippen molar-refractivity contribution in [3.8, 4) is 5.75 Å². The topological polar surface area (TPSA) is 68.3 Å². The predicted octanol–water partition coefficient (Wildman–Crippen LogP) is 3.22. The van der Waals surface area contributed by atoms with E-state index in [9.17, 15) is 8.42 Å². The first-order valence-electron chi connectivity index (χ1n) is 7.68. The minimum atomic E-state index is -3.57. The van der Waals surface area contributed by atoms with E-state index in [-0.39, 0.29) is 11.4 Å². The molecular weight excluding hydrogens is 356 g/mol. The van der Waals surface area contributed by atoms with E-state index in [1.54, 1.807) is 12.1 Å². The van der Waals surface area contributed by atoms with Crippen LogP contribution in [-0.4, -0.2) is 20.5 Å². The van der Waals surface area contributed by atoms with Gasteiger partial charge in [-0.15, -0.1) is 11.3 Å². The molecule has 0 aliphatic carbocycles. The van der Waals surface area contributed by atoms with Gasteiger partial charge in [-0.1, -0.05) is 30.3 Å². The third-order valence-corrected chi connectivity index (χ3v) is 5.93. The quantitative estimate of drug-likeness (QED) is 0.689. The molecule has 130 valence electrons. The summed E-state index contributed by atoms with van der Waals surface area (Å²) in [5.74, 6) is 0.615. The Morgan fingerprint density at radius 2 is 1.80 bits per heavy atom. The van der Waals surface area contributed by atoms with Crippen LogP contribution in [0.3, 0.4) is 0 Å². The highest BCUT2D eigenvalue weighted by Crippen LogP contribution is 2.17. The van der Waals surface area contributed by atoms with E-state index in [2.05, 4.69) is 9.71 Å². The first-order valence-corrected chi connectivity index (χ1v) is 10.0. The van der Waals surface area contributed by atoms with Crippen molar-refractivity contribution in [3.05, 3.63) is 76.2 Å². The molecule has 0 aliphatic heterocycles. The highest BCUT2D eigenvalue weighted by molar-refractivity contribution is 7.89. The van der Waals surface area contributed by atoms with Gasteiger partial charge in [0.2, 0.25) is 10.0 Å². The molecule has 0 saturated heterocycles. The van der Waals surface area contributed by atoms with Gasteiger partial charge in [-0.05, 0) is 29.8 Å². The molecule has 0 fully saturated rings. The predicted molar refractivity (Wildman–Crippen MR) is 98.4 cm³/mol. The lowest BCUT2D eigenvalue weighted by molar-refractivity contribution is 0.414. The summed E-state index contributed by atoms with van der Waals surface area (Å²) >= 11 is 1.53. The Labute approximate surface area is 151 Å². The maximum Gasteiger partial charge on any atom is 0.240 e. The van der Waals surface area contributed by atoms with Gasteiger partial charge in [-0.2, -0.15) is 0 Å². The maximum atomic E-state index is 12.3. The number of thiazole rings is 1. The zero-order valence-corrected chi connectivity index (χ0v) is 15.3. The molecule has 0 aliphatic rings. The molecule has 3 rings (SSSR count). The van der Waals surface area contributed by atoms with Gasteiger partial charge >= 0.3 is 0 Å². The second kappa shape index (κ2) is 7.77. The Morgan fingerprint density at radius 3 is 2.48 bits per heavy atom. The largest absolute Gasteiger partial charge is 0.497 e. The number of hydrogen-bond donors (Lipinski definition) is 1. The van der Waals surface area contributed by atoms with Gasteiger partial charge < -0.3 is 4.74 Å². The zero-order chi connectivity index (χ0) is 17.7. The molecule has 1 N–H and O–H groups in total. The molecule has 0 saturated carbocycles. The molecule has 2 aromatic carbocycles. The van der Waals surface area contributed by atoms with Crippen LogP contribution in [0.5, 0.6) is 5.75 Å². The number of methoxy groups -OCH3 is 1. The first kappa shape index (κ1) is 17.6. The van der Waals surface area contributed by atoms with E-state index in [4.69, 9.17) is 4.74 Å². The van der Waals surface area contributed by atoms with E-state index in [0.29, 0.717) is 11.4 Å². The van der Waals surface area contributed by atoms with Crippen molar-refractivity contribution in [2.24, 2.45) is 0 Å². The summed E-state index contributed by atoms with van der Waals surface area (Å²) in [7, 11) is -2.04. The highest BCUT2D eigenvalue weighted by atomic mass is 32.2. The number of hydrogen-bond acceptors (Lipinski definition) is 5. The van der Waals surface area contributed by atoms with Crippen LogP contribution in [0.1, 0.15) is 16.3 Å². The van der Waals surface area contributed by atoms with Gasteiger partial charge in [-0.25, -0.2) is 18.1 Å². The van der Waals surface area contributed by atoms with Crippen LogP contribution < -0.4 is 9.46 Å². The molecule has 7 heteroatoms. The Kier molecular flexibility index (Phi) is 5.47. The molecule has 0 amide bonds. The second-order valence-electron chi connectivity index (χ2n) is 5.40. The summed E-state index contributed by atoms with van der Waals surface area (Å²) in [5.41, 5.74) is 1.90. The van der Waals surface area contributed by atoms with Crippen LogP contribution in [0, 0.1) is 0 Å². The van der Waals surface area contributed by atoms with E-state index in [0.717, 1.165) is 11.4 Å². The van der Waals surface area contributed by atoms with Crippen molar-refractivity contribution < 1.29 is 13.2 Å². The second-order valence-corrected chi connectivity index (χ2v) is 8.10. The molecule has 0 spiro atoms. The number of nitrogens with zero attached hydrogens (tertiary/aromatic N) is 1. The Morgan fingerprint density at radius 1 is 1.08 bits per heavy atom. The van der Waals surface area contributed by atoms with Gasteiger partial charge in [0.25, 0.3) is 0 Å². The monoisotopic (exact) mass is 374 g/mol. The average molecular weight is 374 g/mol. The third kappa shape index (κ3) is 4.66.